The summed E-state index contributed by atoms with van der Waals surface area (Å²) >= 11 is 0. The molecule has 0 bridgehead atoms. The number of rotatable bonds is 19. The van der Waals surface area contributed by atoms with E-state index >= 15 is 0 Å². The second kappa shape index (κ2) is 19.9. The number of carbonyl (C=O) groups excluding carboxylic acids is 5. The number of allylic oxidation sites excluding steroid dienone is 2. The van der Waals surface area contributed by atoms with Gasteiger partial charge in [0, 0.05) is 24.1 Å². The topological polar surface area (TPSA) is 172 Å². The van der Waals surface area contributed by atoms with Gasteiger partial charge in [0.25, 0.3) is 5.91 Å². The number of amides is 4. The van der Waals surface area contributed by atoms with Gasteiger partial charge in [0.05, 0.1) is 12.5 Å². The monoisotopic (exact) mass is 760 g/mol. The molecule has 0 radical (unpaired) electrons. The number of aliphatic hydroxyl groups excluding tert-OH is 1. The van der Waals surface area contributed by atoms with Crippen LogP contribution in [0.1, 0.15) is 49.7 Å². The molecule has 4 aromatic carbocycles. The first-order chi connectivity index (χ1) is 27.1. The van der Waals surface area contributed by atoms with E-state index in [1.54, 1.807) is 25.1 Å². The summed E-state index contributed by atoms with van der Waals surface area (Å²) in [5.41, 5.74) is 4.67. The Hall–Kier alpha value is -6.27. The lowest BCUT2D eigenvalue weighted by Gasteiger charge is -2.23. The fraction of sp³-hybridized carbons (Fsp3) is 0.295. The van der Waals surface area contributed by atoms with Crippen LogP contribution in [-0.2, 0) is 28.7 Å². The first kappa shape index (κ1) is 40.9. The number of alkyl carbamates (subject to hydrolysis) is 1. The summed E-state index contributed by atoms with van der Waals surface area (Å²) in [6.07, 6.45) is 2.61. The van der Waals surface area contributed by atoms with Gasteiger partial charge in [-0.2, -0.15) is 0 Å². The zero-order valence-electron chi connectivity index (χ0n) is 31.4. The molecular weight excluding hydrogens is 713 g/mol. The van der Waals surface area contributed by atoms with Gasteiger partial charge >= 0.3 is 12.1 Å². The molecule has 0 fully saturated rings. The summed E-state index contributed by atoms with van der Waals surface area (Å²) in [6.45, 7) is 8.20. The quantitative estimate of drug-likeness (QED) is 0.0593. The molecule has 4 unspecified atom stereocenters. The van der Waals surface area contributed by atoms with Crippen molar-refractivity contribution >= 4 is 46.2 Å². The normalized spacial score (nSPS) is 13.8. The molecule has 0 aromatic heterocycles. The van der Waals surface area contributed by atoms with Crippen molar-refractivity contribution < 1.29 is 38.6 Å². The lowest BCUT2D eigenvalue weighted by Crippen LogP contribution is -2.51. The maximum absolute atomic E-state index is 13.7. The van der Waals surface area contributed by atoms with E-state index in [0.29, 0.717) is 12.1 Å². The lowest BCUT2D eigenvalue weighted by molar-refractivity contribution is -0.148. The summed E-state index contributed by atoms with van der Waals surface area (Å²) in [6, 6.07) is 25.7. The van der Waals surface area contributed by atoms with Crippen LogP contribution >= 0.6 is 0 Å². The van der Waals surface area contributed by atoms with E-state index < -0.39 is 60.4 Å². The molecule has 4 amide bonds. The highest BCUT2D eigenvalue weighted by Crippen LogP contribution is 2.44. The summed E-state index contributed by atoms with van der Waals surface area (Å²) in [4.78, 5) is 66.6. The van der Waals surface area contributed by atoms with Crippen LogP contribution in [0.15, 0.2) is 116 Å². The van der Waals surface area contributed by atoms with Crippen molar-refractivity contribution in [1.29, 1.82) is 0 Å². The molecule has 0 heterocycles. The SMILES string of the molecule is C=CCCC(NC(=O)OCC1c2ccccc2-c2ccccc21)C(=O)OCC(NC(=O)C(CC=C)CC(=O)NC(C)CO)C(=O)Nc1ccc2ccccc2c1. The first-order valence-corrected chi connectivity index (χ1v) is 18.6. The second-order valence-electron chi connectivity index (χ2n) is 13.7. The number of esters is 1. The number of ether oxygens (including phenoxy) is 2. The Morgan fingerprint density at radius 1 is 0.768 bits per heavy atom. The first-order valence-electron chi connectivity index (χ1n) is 18.6. The van der Waals surface area contributed by atoms with E-state index in [-0.39, 0.29) is 38.4 Å². The maximum atomic E-state index is 13.7. The summed E-state index contributed by atoms with van der Waals surface area (Å²) in [7, 11) is 0. The second-order valence-corrected chi connectivity index (χ2v) is 13.7. The Balaban J connectivity index is 1.27. The molecule has 0 spiro atoms. The van der Waals surface area contributed by atoms with Gasteiger partial charge in [-0.3, -0.25) is 14.4 Å². The molecule has 5 N–H and O–H groups in total. The van der Waals surface area contributed by atoms with Gasteiger partial charge in [0.1, 0.15) is 25.3 Å². The zero-order chi connectivity index (χ0) is 40.0. The number of anilines is 1. The Morgan fingerprint density at radius 2 is 1.43 bits per heavy atom. The molecule has 4 aromatic rings. The van der Waals surface area contributed by atoms with E-state index in [0.717, 1.165) is 33.0 Å². The van der Waals surface area contributed by atoms with Crippen LogP contribution in [0, 0.1) is 5.92 Å². The van der Waals surface area contributed by atoms with Crippen molar-refractivity contribution in [3.05, 3.63) is 127 Å². The zero-order valence-corrected chi connectivity index (χ0v) is 31.4. The molecule has 4 atom stereocenters. The standard InChI is InChI=1S/C44H48N4O8/c1-4-6-20-38(48-44(54)56-26-37-35-18-11-9-16-33(35)34-17-10-12-19-36(34)37)43(53)55-27-39(42(52)46-32-22-21-29-14-7-8-15-30(29)23-32)47-41(51)31(13-5-2)24-40(50)45-28(3)25-49/h4-5,7-12,14-19,21-23,28,31,37-39,49H,1-2,6,13,20,24-27H2,3H3,(H,45,50)(H,46,52)(H,47,51)(H,48,54). The third kappa shape index (κ3) is 10.7. The van der Waals surface area contributed by atoms with E-state index in [2.05, 4.69) is 34.4 Å². The summed E-state index contributed by atoms with van der Waals surface area (Å²) in [5, 5.41) is 21.8. The van der Waals surface area contributed by atoms with Crippen molar-refractivity contribution in [3.63, 3.8) is 0 Å². The largest absolute Gasteiger partial charge is 0.461 e. The Bertz CT molecular complexity index is 2020. The fourth-order valence-electron chi connectivity index (χ4n) is 6.64. The molecule has 56 heavy (non-hydrogen) atoms. The predicted molar refractivity (Wildman–Crippen MR) is 215 cm³/mol. The van der Waals surface area contributed by atoms with Crippen LogP contribution in [0.25, 0.3) is 21.9 Å². The molecule has 5 rings (SSSR count). The van der Waals surface area contributed by atoms with Crippen LogP contribution < -0.4 is 21.3 Å². The number of fused-ring (bicyclic) bond motifs is 4. The average Bonchev–Trinajstić information content (AvgIpc) is 3.52. The van der Waals surface area contributed by atoms with Crippen LogP contribution in [-0.4, -0.2) is 72.8 Å². The fourth-order valence-corrected chi connectivity index (χ4v) is 6.64. The molecule has 12 nitrogen and oxygen atoms in total. The highest BCUT2D eigenvalue weighted by atomic mass is 16.6. The van der Waals surface area contributed by atoms with E-state index in [1.165, 1.54) is 6.08 Å². The molecular formula is C44H48N4O8. The Morgan fingerprint density at radius 3 is 2.09 bits per heavy atom. The van der Waals surface area contributed by atoms with Crippen molar-refractivity contribution in [3.8, 4) is 11.1 Å². The van der Waals surface area contributed by atoms with Gasteiger partial charge in [0.2, 0.25) is 11.8 Å². The molecule has 1 aliphatic carbocycles. The van der Waals surface area contributed by atoms with Crippen molar-refractivity contribution in [2.75, 3.05) is 25.1 Å². The van der Waals surface area contributed by atoms with Crippen molar-refractivity contribution in [2.24, 2.45) is 5.92 Å². The maximum Gasteiger partial charge on any atom is 0.407 e. The van der Waals surface area contributed by atoms with Gasteiger partial charge in [-0.25, -0.2) is 9.59 Å². The van der Waals surface area contributed by atoms with E-state index in [1.807, 2.05) is 78.9 Å². The van der Waals surface area contributed by atoms with Gasteiger partial charge in [-0.15, -0.1) is 13.2 Å². The number of carbonyl (C=O) groups is 5. The molecule has 292 valence electrons. The van der Waals surface area contributed by atoms with Gasteiger partial charge < -0.3 is 35.8 Å². The average molecular weight is 761 g/mol. The number of hydrogen-bond donors (Lipinski definition) is 5. The minimum atomic E-state index is -1.39. The molecule has 12 heteroatoms. The van der Waals surface area contributed by atoms with E-state index in [9.17, 15) is 29.1 Å². The number of nitrogens with one attached hydrogen (secondary N) is 4. The highest BCUT2D eigenvalue weighted by molar-refractivity contribution is 6.00. The number of aliphatic hydroxyl groups is 1. The predicted octanol–water partition coefficient (Wildman–Crippen LogP) is 5.76. The third-order valence-corrected chi connectivity index (χ3v) is 9.56. The van der Waals surface area contributed by atoms with Crippen LogP contribution in [0.5, 0.6) is 0 Å². The minimum Gasteiger partial charge on any atom is -0.461 e. The summed E-state index contributed by atoms with van der Waals surface area (Å²) < 4.78 is 11.3. The smallest absolute Gasteiger partial charge is 0.407 e. The molecule has 0 aliphatic heterocycles. The molecule has 0 saturated heterocycles. The molecule has 1 aliphatic rings. The van der Waals surface area contributed by atoms with Crippen LogP contribution in [0.3, 0.4) is 0 Å². The minimum absolute atomic E-state index is 0.0367. The Kier molecular flexibility index (Phi) is 14.5. The van der Waals surface area contributed by atoms with E-state index in [4.69, 9.17) is 9.47 Å². The van der Waals surface area contributed by atoms with Crippen LogP contribution in [0.2, 0.25) is 0 Å². The lowest BCUT2D eigenvalue weighted by atomic mass is 9.98. The van der Waals surface area contributed by atoms with Crippen molar-refractivity contribution in [2.45, 2.75) is 56.7 Å². The summed E-state index contributed by atoms with van der Waals surface area (Å²) in [5.74, 6) is -3.75. The Labute approximate surface area is 326 Å². The highest BCUT2D eigenvalue weighted by Gasteiger charge is 2.32. The van der Waals surface area contributed by atoms with Gasteiger partial charge in [0.15, 0.2) is 0 Å². The van der Waals surface area contributed by atoms with Gasteiger partial charge in [-0.05, 0) is 71.3 Å². The number of hydrogen-bond acceptors (Lipinski definition) is 8. The molecule has 0 saturated carbocycles. The number of benzene rings is 4. The van der Waals surface area contributed by atoms with Gasteiger partial charge in [-0.1, -0.05) is 91.0 Å². The van der Waals surface area contributed by atoms with Crippen LogP contribution in [0.4, 0.5) is 10.5 Å². The third-order valence-electron chi connectivity index (χ3n) is 9.56. The van der Waals surface area contributed by atoms with Crippen molar-refractivity contribution in [1.82, 2.24) is 16.0 Å².